The molecule has 1 aliphatic heterocycles. The molecule has 0 unspecified atom stereocenters. The third kappa shape index (κ3) is 4.84. The van der Waals surface area contributed by atoms with Gasteiger partial charge >= 0.3 is 0 Å². The number of anilines is 2. The zero-order valence-corrected chi connectivity index (χ0v) is 19.8. The van der Waals surface area contributed by atoms with Gasteiger partial charge in [0.15, 0.2) is 5.79 Å². The maximum absolute atomic E-state index is 6.21. The summed E-state index contributed by atoms with van der Waals surface area (Å²) in [5, 5.41) is 10.4. The Morgan fingerprint density at radius 3 is 1.67 bits per heavy atom. The van der Waals surface area contributed by atoms with Crippen LogP contribution in [-0.2, 0) is 9.47 Å². The minimum atomic E-state index is -0.666. The number of hydrogen-bond acceptors (Lipinski definition) is 6. The highest BCUT2D eigenvalue weighted by Gasteiger charge is 2.41. The average molecular weight is 483 g/mol. The monoisotopic (exact) mass is 482 g/mol. The fourth-order valence-corrected chi connectivity index (χ4v) is 4.56. The molecule has 1 fully saturated rings. The second kappa shape index (κ2) is 8.95. The largest absolute Gasteiger partial charge is 0.382 e. The van der Waals surface area contributed by atoms with Crippen LogP contribution in [0.4, 0.5) is 11.4 Å². The van der Waals surface area contributed by atoms with Gasteiger partial charge in [0.2, 0.25) is 0 Å². The average Bonchev–Trinajstić information content (AvgIpc) is 3.09. The molecule has 170 valence electrons. The van der Waals surface area contributed by atoms with Crippen molar-refractivity contribution in [3.63, 3.8) is 0 Å². The quantitative estimate of drug-likeness (QED) is 0.344. The number of pyridine rings is 2. The summed E-state index contributed by atoms with van der Waals surface area (Å²) in [6.07, 6.45) is 3.25. The molecule has 5 rings (SSSR count). The van der Waals surface area contributed by atoms with Crippen molar-refractivity contribution in [2.45, 2.75) is 31.8 Å². The molecule has 2 aromatic heterocycles. The van der Waals surface area contributed by atoms with E-state index in [4.69, 9.17) is 32.7 Å². The van der Waals surface area contributed by atoms with Crippen molar-refractivity contribution in [3.8, 4) is 0 Å². The van der Waals surface area contributed by atoms with Gasteiger partial charge in [-0.25, -0.2) is 0 Å². The Morgan fingerprint density at radius 1 is 0.758 bits per heavy atom. The number of ether oxygens (including phenoxy) is 2. The first kappa shape index (κ1) is 22.2. The highest BCUT2D eigenvalue weighted by Crippen LogP contribution is 2.31. The normalized spacial score (nSPS) is 19.8. The topological polar surface area (TPSA) is 68.3 Å². The molecule has 2 N–H and O–H groups in total. The molecular weight excluding hydrogens is 459 g/mol. The molecule has 0 spiro atoms. The molecule has 1 aliphatic rings. The van der Waals surface area contributed by atoms with Crippen LogP contribution in [0.25, 0.3) is 21.8 Å². The van der Waals surface area contributed by atoms with Gasteiger partial charge in [0.05, 0.1) is 11.0 Å². The molecule has 8 heteroatoms. The number of rotatable bonds is 6. The first-order chi connectivity index (χ1) is 15.9. The third-order valence-corrected chi connectivity index (χ3v) is 6.15. The number of aromatic nitrogens is 2. The predicted octanol–water partition coefficient (Wildman–Crippen LogP) is 6.13. The number of nitrogens with one attached hydrogen (secondary N) is 2. The Kier molecular flexibility index (Phi) is 6.01. The van der Waals surface area contributed by atoms with Crippen LogP contribution < -0.4 is 10.6 Å². The number of fused-ring (bicyclic) bond motifs is 2. The minimum Gasteiger partial charge on any atom is -0.382 e. The lowest BCUT2D eigenvalue weighted by atomic mass is 10.1. The summed E-state index contributed by atoms with van der Waals surface area (Å²) in [5.41, 5.74) is 3.65. The van der Waals surface area contributed by atoms with E-state index in [1.165, 1.54) is 0 Å². The van der Waals surface area contributed by atoms with E-state index in [0.29, 0.717) is 23.1 Å². The van der Waals surface area contributed by atoms with Crippen LogP contribution in [0.15, 0.2) is 60.9 Å². The van der Waals surface area contributed by atoms with Crippen LogP contribution in [0.2, 0.25) is 10.0 Å². The molecule has 0 aliphatic carbocycles. The summed E-state index contributed by atoms with van der Waals surface area (Å²) >= 11 is 12.2. The van der Waals surface area contributed by atoms with Gasteiger partial charge in [0.25, 0.3) is 0 Å². The molecule has 33 heavy (non-hydrogen) atoms. The van der Waals surface area contributed by atoms with Crippen LogP contribution in [0.5, 0.6) is 0 Å². The van der Waals surface area contributed by atoms with E-state index >= 15 is 0 Å². The van der Waals surface area contributed by atoms with Gasteiger partial charge in [-0.3, -0.25) is 9.97 Å². The van der Waals surface area contributed by atoms with E-state index in [1.807, 2.05) is 62.4 Å². The maximum Gasteiger partial charge on any atom is 0.163 e. The van der Waals surface area contributed by atoms with Crippen molar-refractivity contribution in [2.75, 3.05) is 23.7 Å². The Morgan fingerprint density at radius 2 is 1.21 bits per heavy atom. The maximum atomic E-state index is 6.21. The summed E-state index contributed by atoms with van der Waals surface area (Å²) < 4.78 is 12.4. The van der Waals surface area contributed by atoms with E-state index in [0.717, 1.165) is 33.2 Å². The van der Waals surface area contributed by atoms with Crippen molar-refractivity contribution >= 4 is 56.4 Å². The van der Waals surface area contributed by atoms with Gasteiger partial charge in [0.1, 0.15) is 12.2 Å². The summed E-state index contributed by atoms with van der Waals surface area (Å²) in [7, 11) is 0. The minimum absolute atomic E-state index is 0.148. The van der Waals surface area contributed by atoms with Gasteiger partial charge < -0.3 is 20.1 Å². The Balaban J connectivity index is 1.31. The van der Waals surface area contributed by atoms with E-state index in [-0.39, 0.29) is 12.2 Å². The number of halogens is 2. The zero-order chi connectivity index (χ0) is 23.0. The lowest BCUT2D eigenvalue weighted by Crippen LogP contribution is -2.35. The smallest absolute Gasteiger partial charge is 0.163 e. The molecule has 2 aromatic carbocycles. The van der Waals surface area contributed by atoms with Gasteiger partial charge in [-0.05, 0) is 62.4 Å². The Bertz CT molecular complexity index is 1220. The molecule has 0 radical (unpaired) electrons. The Labute approximate surface area is 202 Å². The van der Waals surface area contributed by atoms with Crippen molar-refractivity contribution in [1.82, 2.24) is 9.97 Å². The summed E-state index contributed by atoms with van der Waals surface area (Å²) in [6, 6.07) is 15.3. The van der Waals surface area contributed by atoms with Crippen molar-refractivity contribution < 1.29 is 9.47 Å². The number of benzene rings is 2. The lowest BCUT2D eigenvalue weighted by molar-refractivity contribution is -0.144. The van der Waals surface area contributed by atoms with Gasteiger partial charge in [0, 0.05) is 57.7 Å². The van der Waals surface area contributed by atoms with Crippen LogP contribution in [0.1, 0.15) is 13.8 Å². The molecule has 4 aromatic rings. The van der Waals surface area contributed by atoms with E-state index < -0.39 is 5.79 Å². The van der Waals surface area contributed by atoms with Crippen LogP contribution in [0, 0.1) is 0 Å². The Hall–Kier alpha value is -2.64. The second-order valence-corrected chi connectivity index (χ2v) is 9.39. The molecule has 3 heterocycles. The van der Waals surface area contributed by atoms with E-state index in [9.17, 15) is 0 Å². The van der Waals surface area contributed by atoms with Crippen LogP contribution >= 0.6 is 23.2 Å². The summed E-state index contributed by atoms with van der Waals surface area (Å²) in [5.74, 6) is -0.666. The SMILES string of the molecule is CC1(C)O[C@H](CNc2ccnc3cc(Cl)ccc23)[C@@H](CNc2ccnc3cc(Cl)ccc23)O1. The summed E-state index contributed by atoms with van der Waals surface area (Å²) in [4.78, 5) is 8.82. The highest BCUT2D eigenvalue weighted by molar-refractivity contribution is 6.31. The van der Waals surface area contributed by atoms with Crippen LogP contribution in [0.3, 0.4) is 0 Å². The lowest BCUT2D eigenvalue weighted by Gasteiger charge is -2.20. The van der Waals surface area contributed by atoms with Crippen molar-refractivity contribution in [3.05, 3.63) is 71.0 Å². The first-order valence-electron chi connectivity index (χ1n) is 10.8. The number of hydrogen-bond donors (Lipinski definition) is 2. The summed E-state index contributed by atoms with van der Waals surface area (Å²) in [6.45, 7) is 5.05. The zero-order valence-electron chi connectivity index (χ0n) is 18.3. The van der Waals surface area contributed by atoms with Crippen molar-refractivity contribution in [2.24, 2.45) is 0 Å². The van der Waals surface area contributed by atoms with Crippen LogP contribution in [-0.4, -0.2) is 41.1 Å². The fourth-order valence-electron chi connectivity index (χ4n) is 4.23. The number of nitrogens with zero attached hydrogens (tertiary/aromatic N) is 2. The molecule has 0 saturated carbocycles. The van der Waals surface area contributed by atoms with E-state index in [2.05, 4.69) is 20.6 Å². The highest BCUT2D eigenvalue weighted by atomic mass is 35.5. The molecule has 0 bridgehead atoms. The van der Waals surface area contributed by atoms with Gasteiger partial charge in [-0.2, -0.15) is 0 Å². The first-order valence-corrected chi connectivity index (χ1v) is 11.6. The molecule has 0 amide bonds. The molecule has 2 atom stereocenters. The second-order valence-electron chi connectivity index (χ2n) is 8.51. The fraction of sp³-hybridized carbons (Fsp3) is 0.280. The van der Waals surface area contributed by atoms with E-state index in [1.54, 1.807) is 12.4 Å². The molecule has 1 saturated heterocycles. The molecule has 6 nitrogen and oxygen atoms in total. The van der Waals surface area contributed by atoms with Crippen molar-refractivity contribution in [1.29, 1.82) is 0 Å². The predicted molar refractivity (Wildman–Crippen MR) is 134 cm³/mol. The van der Waals surface area contributed by atoms with Gasteiger partial charge in [-0.15, -0.1) is 0 Å². The molecular formula is C25H24Cl2N4O2. The standard InChI is InChI=1S/C25H24Cl2N4O2/c1-25(2)32-23(13-30-19-7-9-28-21-11-15(26)3-5-17(19)21)24(33-25)14-31-20-8-10-29-22-12-16(27)4-6-18(20)22/h3-12,23-24H,13-14H2,1-2H3,(H,28,30)(H,29,31)/t23-,24-/m1/s1. The van der Waals surface area contributed by atoms with Gasteiger partial charge in [-0.1, -0.05) is 23.2 Å². The third-order valence-electron chi connectivity index (χ3n) is 5.68.